The summed E-state index contributed by atoms with van der Waals surface area (Å²) in [6.07, 6.45) is 1.44. The van der Waals surface area contributed by atoms with Gasteiger partial charge in [-0.25, -0.2) is 4.98 Å². The first-order chi connectivity index (χ1) is 11.6. The van der Waals surface area contributed by atoms with Gasteiger partial charge in [0.1, 0.15) is 0 Å². The summed E-state index contributed by atoms with van der Waals surface area (Å²) >= 11 is 1.70. The average molecular weight is 343 g/mol. The molecule has 0 aliphatic carbocycles. The van der Waals surface area contributed by atoms with Gasteiger partial charge in [0.15, 0.2) is 0 Å². The number of piperazine rings is 1. The zero-order valence-electron chi connectivity index (χ0n) is 14.5. The lowest BCUT2D eigenvalue weighted by molar-refractivity contribution is -0.133. The van der Waals surface area contributed by atoms with Gasteiger partial charge in [-0.15, -0.1) is 11.3 Å². The molecule has 0 unspecified atom stereocenters. The third-order valence-electron chi connectivity index (χ3n) is 4.49. The van der Waals surface area contributed by atoms with Crippen molar-refractivity contribution in [3.63, 3.8) is 0 Å². The molecule has 1 fully saturated rings. The van der Waals surface area contributed by atoms with Crippen molar-refractivity contribution in [2.45, 2.75) is 33.2 Å². The Balaban J connectivity index is 1.43. The molecule has 0 atom stereocenters. The Hall–Kier alpha value is -1.72. The third-order valence-corrected chi connectivity index (χ3v) is 5.31. The van der Waals surface area contributed by atoms with E-state index in [4.69, 9.17) is 0 Å². The van der Waals surface area contributed by atoms with Gasteiger partial charge < -0.3 is 4.90 Å². The molecule has 0 radical (unpaired) electrons. The summed E-state index contributed by atoms with van der Waals surface area (Å²) in [7, 11) is 0. The van der Waals surface area contributed by atoms with Crippen molar-refractivity contribution in [1.29, 1.82) is 0 Å². The fourth-order valence-corrected chi connectivity index (χ4v) is 3.75. The van der Waals surface area contributed by atoms with E-state index in [0.717, 1.165) is 49.8 Å². The molecule has 0 N–H and O–H groups in total. The molecule has 128 valence electrons. The van der Waals surface area contributed by atoms with Crippen molar-refractivity contribution in [2.24, 2.45) is 0 Å². The second kappa shape index (κ2) is 7.90. The maximum Gasteiger partial charge on any atom is 0.222 e. The largest absolute Gasteiger partial charge is 0.340 e. The molecule has 0 spiro atoms. The number of amides is 1. The van der Waals surface area contributed by atoms with Gasteiger partial charge in [0, 0.05) is 44.5 Å². The SMILES string of the molecule is Cc1cccc(CCC(=O)N2CCN(Cc3csc(C)n3)CC2)c1. The van der Waals surface area contributed by atoms with Gasteiger partial charge in [0.2, 0.25) is 5.91 Å². The van der Waals surface area contributed by atoms with E-state index in [1.807, 2.05) is 11.8 Å². The molecule has 1 aromatic carbocycles. The molecular formula is C19H25N3OS. The molecule has 1 aliphatic heterocycles. The number of hydrogen-bond donors (Lipinski definition) is 0. The Labute approximate surface area is 148 Å². The Morgan fingerprint density at radius 1 is 1.21 bits per heavy atom. The third kappa shape index (κ3) is 4.65. The first-order valence-corrected chi connectivity index (χ1v) is 9.45. The number of rotatable bonds is 5. The summed E-state index contributed by atoms with van der Waals surface area (Å²) < 4.78 is 0. The first kappa shape index (κ1) is 17.1. The minimum Gasteiger partial charge on any atom is -0.340 e. The van der Waals surface area contributed by atoms with Gasteiger partial charge in [0.05, 0.1) is 10.7 Å². The number of carbonyl (C=O) groups excluding carboxylic acids is 1. The van der Waals surface area contributed by atoms with Gasteiger partial charge in [-0.05, 0) is 25.8 Å². The summed E-state index contributed by atoms with van der Waals surface area (Å²) in [5, 5.41) is 3.25. The molecule has 2 aromatic rings. The molecule has 1 aliphatic rings. The lowest BCUT2D eigenvalue weighted by atomic mass is 10.1. The Morgan fingerprint density at radius 2 is 2.00 bits per heavy atom. The lowest BCUT2D eigenvalue weighted by Crippen LogP contribution is -2.48. The minimum atomic E-state index is 0.278. The van der Waals surface area contributed by atoms with Crippen molar-refractivity contribution in [1.82, 2.24) is 14.8 Å². The second-order valence-corrected chi connectivity index (χ2v) is 7.57. The monoisotopic (exact) mass is 343 g/mol. The summed E-state index contributed by atoms with van der Waals surface area (Å²) in [5.74, 6) is 0.278. The van der Waals surface area contributed by atoms with Crippen molar-refractivity contribution >= 4 is 17.2 Å². The van der Waals surface area contributed by atoms with Crippen molar-refractivity contribution in [3.05, 3.63) is 51.5 Å². The Kier molecular flexibility index (Phi) is 5.63. The number of benzene rings is 1. The smallest absolute Gasteiger partial charge is 0.222 e. The highest BCUT2D eigenvalue weighted by atomic mass is 32.1. The molecule has 0 bridgehead atoms. The standard InChI is InChI=1S/C19H25N3OS/c1-15-4-3-5-17(12-15)6-7-19(23)22-10-8-21(9-11-22)13-18-14-24-16(2)20-18/h3-5,12,14H,6-11,13H2,1-2H3. The highest BCUT2D eigenvalue weighted by molar-refractivity contribution is 7.09. The van der Waals surface area contributed by atoms with E-state index in [9.17, 15) is 4.79 Å². The highest BCUT2D eigenvalue weighted by Gasteiger charge is 2.21. The first-order valence-electron chi connectivity index (χ1n) is 8.57. The molecule has 5 heteroatoms. The van der Waals surface area contributed by atoms with E-state index >= 15 is 0 Å². The fourth-order valence-electron chi connectivity index (χ4n) is 3.14. The molecule has 24 heavy (non-hydrogen) atoms. The molecule has 2 heterocycles. The van der Waals surface area contributed by atoms with Crippen LogP contribution in [0.25, 0.3) is 0 Å². The zero-order chi connectivity index (χ0) is 16.9. The number of aromatic nitrogens is 1. The summed E-state index contributed by atoms with van der Waals surface area (Å²) in [6, 6.07) is 8.43. The van der Waals surface area contributed by atoms with Gasteiger partial charge in [-0.3, -0.25) is 9.69 Å². The predicted octanol–water partition coefficient (Wildman–Crippen LogP) is 3.04. The Bertz CT molecular complexity index is 689. The molecule has 3 rings (SSSR count). The van der Waals surface area contributed by atoms with E-state index in [1.165, 1.54) is 11.1 Å². The van der Waals surface area contributed by atoms with Crippen LogP contribution in [0.2, 0.25) is 0 Å². The summed E-state index contributed by atoms with van der Waals surface area (Å²) in [6.45, 7) is 8.56. The van der Waals surface area contributed by atoms with Gasteiger partial charge >= 0.3 is 0 Å². The van der Waals surface area contributed by atoms with Gasteiger partial charge in [-0.1, -0.05) is 29.8 Å². The van der Waals surface area contributed by atoms with Crippen LogP contribution in [-0.4, -0.2) is 46.9 Å². The molecular weight excluding hydrogens is 318 g/mol. The van der Waals surface area contributed by atoms with E-state index in [-0.39, 0.29) is 5.91 Å². The number of nitrogens with zero attached hydrogens (tertiary/aromatic N) is 3. The number of aryl methyl sites for hydroxylation is 3. The maximum absolute atomic E-state index is 12.4. The summed E-state index contributed by atoms with van der Waals surface area (Å²) in [5.41, 5.74) is 3.66. The quantitative estimate of drug-likeness (QED) is 0.837. The van der Waals surface area contributed by atoms with Crippen LogP contribution in [0.5, 0.6) is 0 Å². The molecule has 0 saturated carbocycles. The van der Waals surface area contributed by atoms with Crippen LogP contribution in [-0.2, 0) is 17.8 Å². The number of thiazole rings is 1. The van der Waals surface area contributed by atoms with Gasteiger partial charge in [-0.2, -0.15) is 0 Å². The molecule has 1 amide bonds. The van der Waals surface area contributed by atoms with Crippen LogP contribution in [0.15, 0.2) is 29.6 Å². The van der Waals surface area contributed by atoms with Crippen LogP contribution in [0, 0.1) is 13.8 Å². The molecule has 1 aromatic heterocycles. The highest BCUT2D eigenvalue weighted by Crippen LogP contribution is 2.13. The van der Waals surface area contributed by atoms with Gasteiger partial charge in [0.25, 0.3) is 0 Å². The number of carbonyl (C=O) groups is 1. The van der Waals surface area contributed by atoms with Crippen LogP contribution in [0.1, 0.15) is 28.2 Å². The molecule has 1 saturated heterocycles. The lowest BCUT2D eigenvalue weighted by Gasteiger charge is -2.34. The van der Waals surface area contributed by atoms with Crippen molar-refractivity contribution < 1.29 is 4.79 Å². The molecule has 4 nitrogen and oxygen atoms in total. The maximum atomic E-state index is 12.4. The second-order valence-electron chi connectivity index (χ2n) is 6.50. The minimum absolute atomic E-state index is 0.278. The topological polar surface area (TPSA) is 36.4 Å². The zero-order valence-corrected chi connectivity index (χ0v) is 15.3. The average Bonchev–Trinajstić information content (AvgIpc) is 2.98. The normalized spacial score (nSPS) is 15.7. The Morgan fingerprint density at radius 3 is 2.67 bits per heavy atom. The summed E-state index contributed by atoms with van der Waals surface area (Å²) in [4.78, 5) is 21.3. The van der Waals surface area contributed by atoms with Crippen LogP contribution < -0.4 is 0 Å². The van der Waals surface area contributed by atoms with E-state index in [0.29, 0.717) is 6.42 Å². The van der Waals surface area contributed by atoms with Crippen molar-refractivity contribution in [3.8, 4) is 0 Å². The predicted molar refractivity (Wildman–Crippen MR) is 98.2 cm³/mol. The van der Waals surface area contributed by atoms with E-state index < -0.39 is 0 Å². The number of hydrogen-bond acceptors (Lipinski definition) is 4. The fraction of sp³-hybridized carbons (Fsp3) is 0.474. The van der Waals surface area contributed by atoms with Crippen LogP contribution >= 0.6 is 11.3 Å². The van der Waals surface area contributed by atoms with Crippen LogP contribution in [0.3, 0.4) is 0 Å². The van der Waals surface area contributed by atoms with Crippen molar-refractivity contribution in [2.75, 3.05) is 26.2 Å². The van der Waals surface area contributed by atoms with E-state index in [2.05, 4.69) is 46.5 Å². The van der Waals surface area contributed by atoms with Crippen LogP contribution in [0.4, 0.5) is 0 Å². The van der Waals surface area contributed by atoms with E-state index in [1.54, 1.807) is 11.3 Å².